The fourth-order valence-electron chi connectivity index (χ4n) is 2.79. The van der Waals surface area contributed by atoms with Crippen molar-refractivity contribution in [3.8, 4) is 5.75 Å². The van der Waals surface area contributed by atoms with Crippen LogP contribution in [0.5, 0.6) is 5.75 Å². The van der Waals surface area contributed by atoms with Crippen molar-refractivity contribution in [3.05, 3.63) is 29.3 Å². The molecule has 0 aromatic heterocycles. The fourth-order valence-corrected chi connectivity index (χ4v) is 2.79. The van der Waals surface area contributed by atoms with Crippen molar-refractivity contribution in [2.45, 2.75) is 39.7 Å². The molecule has 1 saturated heterocycles. The van der Waals surface area contributed by atoms with E-state index in [0.29, 0.717) is 25.0 Å². The lowest BCUT2D eigenvalue weighted by molar-refractivity contribution is -0.122. The fraction of sp³-hybridized carbons (Fsp3) is 0.588. The number of ether oxygens (including phenoxy) is 1. The summed E-state index contributed by atoms with van der Waals surface area (Å²) in [5, 5.41) is 6.46. The number of piperidine rings is 1. The Labute approximate surface area is 139 Å². The van der Waals surface area contributed by atoms with Gasteiger partial charge in [0.2, 0.25) is 5.91 Å². The molecule has 1 amide bonds. The summed E-state index contributed by atoms with van der Waals surface area (Å²) in [5.74, 6) is 1.41. The number of halogens is 1. The Balaban J connectivity index is 0.00000242. The SMILES string of the molecule is Cc1cc(C)cc(OCCC(=O)NC2CCNCC2C)c1.Cl. The van der Waals surface area contributed by atoms with Crippen LogP contribution in [0.1, 0.15) is 30.9 Å². The number of carbonyl (C=O) groups is 1. The average Bonchev–Trinajstić information content (AvgIpc) is 2.40. The predicted octanol–water partition coefficient (Wildman–Crippen LogP) is 2.61. The first-order valence-electron chi connectivity index (χ1n) is 7.76. The minimum absolute atomic E-state index is 0. The van der Waals surface area contributed by atoms with E-state index in [0.717, 1.165) is 25.3 Å². The van der Waals surface area contributed by atoms with Gasteiger partial charge in [0.15, 0.2) is 0 Å². The molecular formula is C17H27ClN2O2. The van der Waals surface area contributed by atoms with E-state index in [1.807, 2.05) is 26.0 Å². The Kier molecular flexibility index (Phi) is 7.69. The van der Waals surface area contributed by atoms with Gasteiger partial charge in [-0.05, 0) is 62.5 Å². The average molecular weight is 327 g/mol. The molecule has 124 valence electrons. The van der Waals surface area contributed by atoms with E-state index in [-0.39, 0.29) is 18.3 Å². The standard InChI is InChI=1S/C17H26N2O2.ClH/c1-12-8-13(2)10-15(9-12)21-7-5-17(20)19-16-4-6-18-11-14(16)3;/h8-10,14,16,18H,4-7,11H2,1-3H3,(H,19,20);1H. The van der Waals surface area contributed by atoms with Crippen LogP contribution >= 0.6 is 12.4 Å². The van der Waals surface area contributed by atoms with Gasteiger partial charge in [0.25, 0.3) is 0 Å². The normalized spacial score (nSPS) is 20.9. The molecule has 0 saturated carbocycles. The van der Waals surface area contributed by atoms with E-state index in [9.17, 15) is 4.79 Å². The molecule has 2 rings (SSSR count). The summed E-state index contributed by atoms with van der Waals surface area (Å²) in [6.07, 6.45) is 1.41. The molecule has 0 spiro atoms. The molecule has 0 bridgehead atoms. The van der Waals surface area contributed by atoms with Gasteiger partial charge in [-0.15, -0.1) is 12.4 Å². The molecule has 4 nitrogen and oxygen atoms in total. The Morgan fingerprint density at radius 2 is 2.00 bits per heavy atom. The maximum absolute atomic E-state index is 12.0. The third-order valence-electron chi connectivity index (χ3n) is 3.92. The highest BCUT2D eigenvalue weighted by molar-refractivity contribution is 5.85. The van der Waals surface area contributed by atoms with Crippen molar-refractivity contribution < 1.29 is 9.53 Å². The first kappa shape index (κ1) is 18.8. The van der Waals surface area contributed by atoms with Gasteiger partial charge in [-0.3, -0.25) is 4.79 Å². The van der Waals surface area contributed by atoms with Crippen LogP contribution in [-0.2, 0) is 4.79 Å². The van der Waals surface area contributed by atoms with Gasteiger partial charge < -0.3 is 15.4 Å². The maximum Gasteiger partial charge on any atom is 0.223 e. The number of nitrogens with one attached hydrogen (secondary N) is 2. The zero-order valence-corrected chi connectivity index (χ0v) is 14.5. The van der Waals surface area contributed by atoms with Gasteiger partial charge in [0.1, 0.15) is 5.75 Å². The topological polar surface area (TPSA) is 50.4 Å². The van der Waals surface area contributed by atoms with Crippen molar-refractivity contribution in [3.63, 3.8) is 0 Å². The summed E-state index contributed by atoms with van der Waals surface area (Å²) in [4.78, 5) is 12.0. The smallest absolute Gasteiger partial charge is 0.223 e. The minimum Gasteiger partial charge on any atom is -0.493 e. The van der Waals surface area contributed by atoms with Crippen LogP contribution < -0.4 is 15.4 Å². The van der Waals surface area contributed by atoms with Crippen LogP contribution in [0, 0.1) is 19.8 Å². The Morgan fingerprint density at radius 1 is 1.32 bits per heavy atom. The summed E-state index contributed by atoms with van der Waals surface area (Å²) >= 11 is 0. The van der Waals surface area contributed by atoms with Crippen molar-refractivity contribution in [2.24, 2.45) is 5.92 Å². The summed E-state index contributed by atoms with van der Waals surface area (Å²) < 4.78 is 5.68. The zero-order valence-electron chi connectivity index (χ0n) is 13.6. The van der Waals surface area contributed by atoms with Gasteiger partial charge in [0.05, 0.1) is 13.0 Å². The number of hydrogen-bond donors (Lipinski definition) is 2. The van der Waals surface area contributed by atoms with Gasteiger partial charge >= 0.3 is 0 Å². The Bertz CT molecular complexity index is 473. The molecule has 1 aliphatic rings. The second-order valence-corrected chi connectivity index (χ2v) is 6.07. The highest BCUT2D eigenvalue weighted by atomic mass is 35.5. The predicted molar refractivity (Wildman–Crippen MR) is 91.9 cm³/mol. The van der Waals surface area contributed by atoms with Crippen LogP contribution in [0.25, 0.3) is 0 Å². The largest absolute Gasteiger partial charge is 0.493 e. The highest BCUT2D eigenvalue weighted by Gasteiger charge is 2.22. The molecule has 1 aliphatic heterocycles. The number of aryl methyl sites for hydroxylation is 2. The molecule has 0 radical (unpaired) electrons. The van der Waals surface area contributed by atoms with Gasteiger partial charge in [-0.1, -0.05) is 13.0 Å². The third-order valence-corrected chi connectivity index (χ3v) is 3.92. The Hall–Kier alpha value is -1.26. The van der Waals surface area contributed by atoms with Crippen LogP contribution in [-0.4, -0.2) is 31.6 Å². The zero-order chi connectivity index (χ0) is 15.2. The van der Waals surface area contributed by atoms with Crippen molar-refractivity contribution >= 4 is 18.3 Å². The molecule has 2 unspecified atom stereocenters. The lowest BCUT2D eigenvalue weighted by atomic mass is 9.95. The van der Waals surface area contributed by atoms with Crippen LogP contribution in [0.4, 0.5) is 0 Å². The van der Waals surface area contributed by atoms with E-state index in [4.69, 9.17) is 4.74 Å². The van der Waals surface area contributed by atoms with E-state index in [1.54, 1.807) is 0 Å². The molecule has 1 fully saturated rings. The van der Waals surface area contributed by atoms with Gasteiger partial charge in [-0.2, -0.15) is 0 Å². The second-order valence-electron chi connectivity index (χ2n) is 6.07. The summed E-state index contributed by atoms with van der Waals surface area (Å²) in [5.41, 5.74) is 2.36. The van der Waals surface area contributed by atoms with Crippen molar-refractivity contribution in [1.29, 1.82) is 0 Å². The second kappa shape index (κ2) is 9.01. The molecule has 1 aromatic rings. The Morgan fingerprint density at radius 3 is 2.64 bits per heavy atom. The third kappa shape index (κ3) is 5.85. The highest BCUT2D eigenvalue weighted by Crippen LogP contribution is 2.16. The molecule has 1 aromatic carbocycles. The van der Waals surface area contributed by atoms with E-state index >= 15 is 0 Å². The molecule has 5 heteroatoms. The molecule has 0 aliphatic carbocycles. The number of hydrogen-bond acceptors (Lipinski definition) is 3. The van der Waals surface area contributed by atoms with E-state index in [2.05, 4.69) is 23.6 Å². The van der Waals surface area contributed by atoms with Crippen LogP contribution in [0.3, 0.4) is 0 Å². The molecule has 1 heterocycles. The van der Waals surface area contributed by atoms with Gasteiger partial charge in [-0.25, -0.2) is 0 Å². The monoisotopic (exact) mass is 326 g/mol. The van der Waals surface area contributed by atoms with Crippen LogP contribution in [0.2, 0.25) is 0 Å². The van der Waals surface area contributed by atoms with Crippen molar-refractivity contribution in [1.82, 2.24) is 10.6 Å². The number of carbonyl (C=O) groups excluding carboxylic acids is 1. The number of benzene rings is 1. The van der Waals surface area contributed by atoms with Gasteiger partial charge in [0, 0.05) is 6.04 Å². The number of amides is 1. The molecule has 2 atom stereocenters. The van der Waals surface area contributed by atoms with Crippen LogP contribution in [0.15, 0.2) is 18.2 Å². The number of rotatable bonds is 5. The summed E-state index contributed by atoms with van der Waals surface area (Å²) in [7, 11) is 0. The summed E-state index contributed by atoms with van der Waals surface area (Å²) in [6, 6.07) is 6.40. The van der Waals surface area contributed by atoms with Crippen molar-refractivity contribution in [2.75, 3.05) is 19.7 Å². The van der Waals surface area contributed by atoms with E-state index < -0.39 is 0 Å². The molecule has 22 heavy (non-hydrogen) atoms. The lowest BCUT2D eigenvalue weighted by Gasteiger charge is -2.30. The first-order valence-corrected chi connectivity index (χ1v) is 7.76. The van der Waals surface area contributed by atoms with E-state index in [1.165, 1.54) is 11.1 Å². The quantitative estimate of drug-likeness (QED) is 0.874. The molecule has 2 N–H and O–H groups in total. The molecular weight excluding hydrogens is 300 g/mol. The minimum atomic E-state index is 0. The first-order chi connectivity index (χ1) is 10.0. The summed E-state index contributed by atoms with van der Waals surface area (Å²) in [6.45, 7) is 8.64. The maximum atomic E-state index is 12.0. The lowest BCUT2D eigenvalue weighted by Crippen LogP contribution is -2.48.